The molecule has 0 saturated carbocycles. The minimum absolute atomic E-state index is 0.279. The van der Waals surface area contributed by atoms with E-state index in [0.29, 0.717) is 30.8 Å². The van der Waals surface area contributed by atoms with E-state index < -0.39 is 11.6 Å². The maximum atomic E-state index is 13.3. The molecule has 0 radical (unpaired) electrons. The molecule has 0 aliphatic carbocycles. The second kappa shape index (κ2) is 7.34. The third-order valence-electron chi connectivity index (χ3n) is 3.79. The van der Waals surface area contributed by atoms with Crippen LogP contribution in [0.15, 0.2) is 58.5 Å². The van der Waals surface area contributed by atoms with Gasteiger partial charge in [-0.2, -0.15) is 0 Å². The number of thioether (sulfide) groups is 1. The maximum Gasteiger partial charge on any atom is 0.271 e. The average Bonchev–Trinajstić information content (AvgIpc) is 3.00. The Bertz CT molecular complexity index is 1250. The smallest absolute Gasteiger partial charge is 0.271 e. The second-order valence-electron chi connectivity index (χ2n) is 5.60. The van der Waals surface area contributed by atoms with Crippen molar-refractivity contribution in [2.45, 2.75) is 10.9 Å². The molecular weight excluding hydrogens is 408 g/mol. The van der Waals surface area contributed by atoms with Crippen molar-refractivity contribution in [2.75, 3.05) is 0 Å². The molecule has 4 nitrogen and oxygen atoms in total. The van der Waals surface area contributed by atoms with Crippen molar-refractivity contribution >= 4 is 45.7 Å². The van der Waals surface area contributed by atoms with Crippen LogP contribution >= 0.6 is 35.3 Å². The number of aromatic nitrogens is 3. The highest BCUT2D eigenvalue weighted by molar-refractivity contribution is 7.98. The molecule has 0 fully saturated rings. The Morgan fingerprint density at radius 1 is 1.15 bits per heavy atom. The standard InChI is InChI=1S/C18H11F2N3OS3/c19-12-7-6-10(8-13(12)20)9-26-17-21-15-14(16(24)22-17)27-18(25)23(15)11-4-2-1-3-5-11/h1-8H,9H2,(H,21,22,24). The number of fused-ring (bicyclic) bond motifs is 1. The van der Waals surface area contributed by atoms with Gasteiger partial charge in [0.1, 0.15) is 4.70 Å². The lowest BCUT2D eigenvalue weighted by atomic mass is 10.2. The van der Waals surface area contributed by atoms with Crippen molar-refractivity contribution in [1.29, 1.82) is 0 Å². The Morgan fingerprint density at radius 2 is 1.93 bits per heavy atom. The number of hydrogen-bond donors (Lipinski definition) is 1. The fraction of sp³-hybridized carbons (Fsp3) is 0.0556. The first-order valence-corrected chi connectivity index (χ1v) is 10.0. The maximum absolute atomic E-state index is 13.3. The molecule has 136 valence electrons. The van der Waals surface area contributed by atoms with Crippen molar-refractivity contribution < 1.29 is 8.78 Å². The first-order valence-electron chi connectivity index (χ1n) is 7.81. The molecule has 4 rings (SSSR count). The summed E-state index contributed by atoms with van der Waals surface area (Å²) in [5.74, 6) is -1.46. The number of rotatable bonds is 4. The van der Waals surface area contributed by atoms with Crippen molar-refractivity contribution in [3.8, 4) is 5.69 Å². The number of aromatic amines is 1. The van der Waals surface area contributed by atoms with Gasteiger partial charge >= 0.3 is 0 Å². The Morgan fingerprint density at radius 3 is 2.67 bits per heavy atom. The highest BCUT2D eigenvalue weighted by Crippen LogP contribution is 2.26. The number of nitrogens with one attached hydrogen (secondary N) is 1. The minimum Gasteiger partial charge on any atom is -0.300 e. The zero-order valence-corrected chi connectivity index (χ0v) is 16.1. The van der Waals surface area contributed by atoms with Crippen LogP contribution in [-0.2, 0) is 5.75 Å². The molecule has 27 heavy (non-hydrogen) atoms. The molecule has 2 aromatic heterocycles. The average molecular weight is 420 g/mol. The Balaban J connectivity index is 1.73. The molecule has 0 spiro atoms. The Kier molecular flexibility index (Phi) is 4.90. The normalized spacial score (nSPS) is 11.2. The van der Waals surface area contributed by atoms with Crippen LogP contribution in [0.1, 0.15) is 5.56 Å². The van der Waals surface area contributed by atoms with Crippen molar-refractivity contribution in [2.24, 2.45) is 0 Å². The third kappa shape index (κ3) is 3.58. The number of hydrogen-bond acceptors (Lipinski definition) is 5. The molecule has 9 heteroatoms. The van der Waals surface area contributed by atoms with E-state index in [0.717, 1.165) is 17.8 Å². The lowest BCUT2D eigenvalue weighted by Crippen LogP contribution is -2.09. The summed E-state index contributed by atoms with van der Waals surface area (Å²) in [6, 6.07) is 13.1. The van der Waals surface area contributed by atoms with Gasteiger partial charge in [0.15, 0.2) is 26.4 Å². The summed E-state index contributed by atoms with van der Waals surface area (Å²) in [5.41, 5.74) is 1.61. The molecule has 0 aliphatic heterocycles. The van der Waals surface area contributed by atoms with E-state index in [-0.39, 0.29) is 5.56 Å². The fourth-order valence-electron chi connectivity index (χ4n) is 2.55. The highest BCUT2D eigenvalue weighted by Gasteiger charge is 2.14. The summed E-state index contributed by atoms with van der Waals surface area (Å²) in [5, 5.41) is 0.384. The third-order valence-corrected chi connectivity index (χ3v) is 6.10. The summed E-state index contributed by atoms with van der Waals surface area (Å²) in [4.78, 5) is 19.7. The molecule has 0 saturated heterocycles. The van der Waals surface area contributed by atoms with E-state index in [2.05, 4.69) is 9.97 Å². The number of para-hydroxylation sites is 1. The predicted octanol–water partition coefficient (Wildman–Crippen LogP) is 5.08. The first kappa shape index (κ1) is 18.0. The number of thiazole rings is 1. The molecule has 0 unspecified atom stereocenters. The lowest BCUT2D eigenvalue weighted by Gasteiger charge is -2.05. The Labute approximate surface area is 165 Å². The molecule has 0 atom stereocenters. The van der Waals surface area contributed by atoms with Gasteiger partial charge in [-0.05, 0) is 42.0 Å². The number of halogens is 2. The van der Waals surface area contributed by atoms with Crippen LogP contribution in [0.4, 0.5) is 8.78 Å². The summed E-state index contributed by atoms with van der Waals surface area (Å²) in [7, 11) is 0. The van der Waals surface area contributed by atoms with Gasteiger partial charge in [-0.15, -0.1) is 0 Å². The van der Waals surface area contributed by atoms with Gasteiger partial charge in [-0.3, -0.25) is 9.36 Å². The van der Waals surface area contributed by atoms with E-state index in [1.807, 2.05) is 30.3 Å². The van der Waals surface area contributed by atoms with Crippen LogP contribution < -0.4 is 5.56 Å². The van der Waals surface area contributed by atoms with Gasteiger partial charge in [0.05, 0.1) is 0 Å². The first-order chi connectivity index (χ1) is 13.0. The van der Waals surface area contributed by atoms with Gasteiger partial charge in [0.25, 0.3) is 5.56 Å². The number of benzene rings is 2. The van der Waals surface area contributed by atoms with Crippen LogP contribution in [0.3, 0.4) is 0 Å². The number of H-pyrrole nitrogens is 1. The van der Waals surface area contributed by atoms with E-state index in [9.17, 15) is 13.6 Å². The molecule has 0 amide bonds. The Hall–Kier alpha value is -2.36. The van der Waals surface area contributed by atoms with E-state index in [1.54, 1.807) is 4.57 Å². The van der Waals surface area contributed by atoms with E-state index >= 15 is 0 Å². The zero-order valence-electron chi connectivity index (χ0n) is 13.6. The monoisotopic (exact) mass is 419 g/mol. The zero-order chi connectivity index (χ0) is 19.0. The summed E-state index contributed by atoms with van der Waals surface area (Å²) in [6.45, 7) is 0. The second-order valence-corrected chi connectivity index (χ2v) is 8.21. The van der Waals surface area contributed by atoms with Crippen LogP contribution in [-0.4, -0.2) is 14.5 Å². The van der Waals surface area contributed by atoms with Crippen molar-refractivity contribution in [3.63, 3.8) is 0 Å². The van der Waals surface area contributed by atoms with Gasteiger partial charge in [-0.25, -0.2) is 13.8 Å². The van der Waals surface area contributed by atoms with Crippen LogP contribution in [0.25, 0.3) is 16.0 Å². The molecule has 2 heterocycles. The van der Waals surface area contributed by atoms with Crippen LogP contribution in [0.5, 0.6) is 0 Å². The SMILES string of the molecule is O=c1[nH]c(SCc2ccc(F)c(F)c2)nc2c1sc(=S)n2-c1ccccc1. The van der Waals surface area contributed by atoms with Crippen LogP contribution in [0.2, 0.25) is 0 Å². The number of nitrogens with zero attached hydrogens (tertiary/aromatic N) is 2. The summed E-state index contributed by atoms with van der Waals surface area (Å²) >= 11 is 7.84. The van der Waals surface area contributed by atoms with Crippen molar-refractivity contribution in [3.05, 3.63) is 80.0 Å². The quantitative estimate of drug-likeness (QED) is 0.285. The molecule has 0 aliphatic rings. The van der Waals surface area contributed by atoms with E-state index in [4.69, 9.17) is 12.2 Å². The van der Waals surface area contributed by atoms with Crippen LogP contribution in [0, 0.1) is 15.6 Å². The minimum atomic E-state index is -0.902. The molecule has 4 aromatic rings. The van der Waals surface area contributed by atoms with Gasteiger partial charge in [-0.1, -0.05) is 47.4 Å². The van der Waals surface area contributed by atoms with Gasteiger partial charge in [0, 0.05) is 11.4 Å². The van der Waals surface area contributed by atoms with Crippen molar-refractivity contribution in [1.82, 2.24) is 14.5 Å². The fourth-order valence-corrected chi connectivity index (χ4v) is 4.62. The van der Waals surface area contributed by atoms with Gasteiger partial charge < -0.3 is 4.98 Å². The highest BCUT2D eigenvalue weighted by atomic mass is 32.2. The largest absolute Gasteiger partial charge is 0.300 e. The molecule has 0 bridgehead atoms. The topological polar surface area (TPSA) is 50.7 Å². The molecule has 2 aromatic carbocycles. The molecular formula is C18H11F2N3OS3. The van der Waals surface area contributed by atoms with E-state index in [1.165, 1.54) is 29.2 Å². The summed E-state index contributed by atoms with van der Waals surface area (Å²) < 4.78 is 29.1. The summed E-state index contributed by atoms with van der Waals surface area (Å²) in [6.07, 6.45) is 0. The molecule has 1 N–H and O–H groups in total. The van der Waals surface area contributed by atoms with Gasteiger partial charge in [0.2, 0.25) is 0 Å². The predicted molar refractivity (Wildman–Crippen MR) is 106 cm³/mol. The lowest BCUT2D eigenvalue weighted by molar-refractivity contribution is 0.507.